The van der Waals surface area contributed by atoms with Crippen molar-refractivity contribution in [3.05, 3.63) is 100 Å². The van der Waals surface area contributed by atoms with Gasteiger partial charge in [0.1, 0.15) is 11.4 Å². The maximum Gasteiger partial charge on any atom is 0.460 e. The molecule has 3 aromatic heterocycles. The summed E-state index contributed by atoms with van der Waals surface area (Å²) in [7, 11) is 1.83. The second kappa shape index (κ2) is 9.20. The molecule has 0 aliphatic carbocycles. The van der Waals surface area contributed by atoms with Crippen molar-refractivity contribution >= 4 is 45.0 Å². The van der Waals surface area contributed by atoms with E-state index in [0.717, 1.165) is 16.3 Å². The molecular weight excluding hydrogens is 498 g/mol. The van der Waals surface area contributed by atoms with Crippen molar-refractivity contribution in [1.82, 2.24) is 19.7 Å². The molecule has 0 radical (unpaired) electrons. The molecule has 3 heterocycles. The molecule has 0 bridgehead atoms. The molecule has 11 nitrogen and oxygen atoms in total. The molecule has 39 heavy (non-hydrogen) atoms. The van der Waals surface area contributed by atoms with Crippen molar-refractivity contribution in [2.75, 3.05) is 10.6 Å². The Morgan fingerprint density at radius 1 is 0.949 bits per heavy atom. The van der Waals surface area contributed by atoms with Crippen LogP contribution in [0.1, 0.15) is 26.5 Å². The second-order valence-electron chi connectivity index (χ2n) is 8.81. The van der Waals surface area contributed by atoms with Gasteiger partial charge >= 0.3 is 5.76 Å². The number of carbonyl (C=O) groups excluding carboxylic acids is 2. The minimum atomic E-state index is -0.835. The van der Waals surface area contributed by atoms with Crippen molar-refractivity contribution in [1.29, 1.82) is 5.26 Å². The summed E-state index contributed by atoms with van der Waals surface area (Å²) >= 11 is 0. The molecule has 0 aliphatic rings. The number of carbonyl (C=O) groups is 2. The van der Waals surface area contributed by atoms with E-state index in [1.807, 2.05) is 54.1 Å². The minimum absolute atomic E-state index is 0.0716. The summed E-state index contributed by atoms with van der Waals surface area (Å²) < 4.78 is 6.48. The number of nitrogens with one attached hydrogen (secondary N) is 4. The molecule has 3 aromatic carbocycles. The number of nitrogens with zero attached hydrogens (tertiary/aromatic N) is 3. The van der Waals surface area contributed by atoms with Gasteiger partial charge in [-0.25, -0.2) is 4.79 Å². The van der Waals surface area contributed by atoms with Crippen molar-refractivity contribution in [2.24, 2.45) is 7.05 Å². The number of fused-ring (bicyclic) bond motifs is 2. The standard InChI is InChI=1S/C28H19N7O4/c1-35-22-8-3-2-5-16(22)13-23(35)27(37)32-20-7-4-6-17-12-21(30-24(17)20)26(36)31-19-10-9-15(14-29)11-18(19)25-33-28(38)39-34-25/h2-13,30H,1H3,(H,31,36)(H,32,37)(H,33,34,38). The van der Waals surface area contributed by atoms with E-state index in [0.29, 0.717) is 33.7 Å². The van der Waals surface area contributed by atoms with Crippen LogP contribution in [0.25, 0.3) is 33.2 Å². The molecule has 11 heteroatoms. The van der Waals surface area contributed by atoms with Crippen LogP contribution in [0.5, 0.6) is 0 Å². The number of amides is 2. The second-order valence-corrected chi connectivity index (χ2v) is 8.81. The largest absolute Gasteiger partial charge is 0.460 e. The number of aryl methyl sites for hydroxylation is 1. The van der Waals surface area contributed by atoms with Gasteiger partial charge in [-0.2, -0.15) is 15.4 Å². The number of hydrogen-bond acceptors (Lipinski definition) is 6. The fourth-order valence-electron chi connectivity index (χ4n) is 4.53. The summed E-state index contributed by atoms with van der Waals surface area (Å²) in [6.45, 7) is 0. The summed E-state index contributed by atoms with van der Waals surface area (Å²) in [5, 5.41) is 19.1. The predicted molar refractivity (Wildman–Crippen MR) is 144 cm³/mol. The number of aromatic amines is 2. The Balaban J connectivity index is 1.30. The Morgan fingerprint density at radius 2 is 1.74 bits per heavy atom. The first-order valence-electron chi connectivity index (χ1n) is 11.8. The van der Waals surface area contributed by atoms with E-state index in [9.17, 15) is 19.6 Å². The zero-order chi connectivity index (χ0) is 27.1. The Morgan fingerprint density at radius 3 is 2.51 bits per heavy atom. The lowest BCUT2D eigenvalue weighted by molar-refractivity contribution is 0.101. The summed E-state index contributed by atoms with van der Waals surface area (Å²) in [5.41, 5.74) is 3.70. The summed E-state index contributed by atoms with van der Waals surface area (Å²) in [4.78, 5) is 44.6. The first-order valence-corrected chi connectivity index (χ1v) is 11.8. The minimum Gasteiger partial charge on any atom is -0.349 e. The normalized spacial score (nSPS) is 11.0. The quantitative estimate of drug-likeness (QED) is 0.265. The van der Waals surface area contributed by atoms with Crippen molar-refractivity contribution in [3.63, 3.8) is 0 Å². The van der Waals surface area contributed by atoms with Gasteiger partial charge in [0.15, 0.2) is 5.82 Å². The van der Waals surface area contributed by atoms with Crippen LogP contribution in [-0.4, -0.2) is 31.5 Å². The third kappa shape index (κ3) is 4.21. The number of nitriles is 1. The highest BCUT2D eigenvalue weighted by molar-refractivity contribution is 6.12. The molecule has 0 atom stereocenters. The van der Waals surface area contributed by atoms with Crippen LogP contribution in [-0.2, 0) is 7.05 Å². The molecule has 0 saturated carbocycles. The molecule has 6 rings (SSSR count). The van der Waals surface area contributed by atoms with E-state index in [-0.39, 0.29) is 17.4 Å². The number of aromatic nitrogens is 4. The number of hydrogen-bond donors (Lipinski definition) is 4. The average Bonchev–Trinajstić information content (AvgIpc) is 3.66. The fraction of sp³-hybridized carbons (Fsp3) is 0.0357. The summed E-state index contributed by atoms with van der Waals surface area (Å²) in [5.74, 6) is -1.53. The van der Waals surface area contributed by atoms with Crippen LogP contribution in [0.15, 0.2) is 82.1 Å². The lowest BCUT2D eigenvalue weighted by Gasteiger charge is -2.09. The van der Waals surface area contributed by atoms with Crippen LogP contribution < -0.4 is 16.4 Å². The third-order valence-electron chi connectivity index (χ3n) is 6.42. The van der Waals surface area contributed by atoms with E-state index in [1.54, 1.807) is 18.2 Å². The van der Waals surface area contributed by atoms with Crippen LogP contribution >= 0.6 is 0 Å². The Kier molecular flexibility index (Phi) is 5.55. The topological polar surface area (TPSA) is 162 Å². The van der Waals surface area contributed by atoms with Gasteiger partial charge in [0.05, 0.1) is 28.5 Å². The first kappa shape index (κ1) is 23.5. The molecule has 4 N–H and O–H groups in total. The zero-order valence-electron chi connectivity index (χ0n) is 20.4. The van der Waals surface area contributed by atoms with Crippen LogP contribution in [0, 0.1) is 11.3 Å². The molecule has 6 aromatic rings. The van der Waals surface area contributed by atoms with E-state index in [2.05, 4.69) is 30.3 Å². The number of benzene rings is 3. The van der Waals surface area contributed by atoms with E-state index < -0.39 is 11.7 Å². The van der Waals surface area contributed by atoms with Crippen molar-refractivity contribution in [2.45, 2.75) is 0 Å². The van der Waals surface area contributed by atoms with Crippen LogP contribution in [0.3, 0.4) is 0 Å². The van der Waals surface area contributed by atoms with Gasteiger partial charge in [0, 0.05) is 28.9 Å². The van der Waals surface area contributed by atoms with Crippen LogP contribution in [0.4, 0.5) is 11.4 Å². The highest BCUT2D eigenvalue weighted by Gasteiger charge is 2.18. The molecule has 190 valence electrons. The van der Waals surface area contributed by atoms with Crippen molar-refractivity contribution < 1.29 is 14.1 Å². The predicted octanol–water partition coefficient (Wildman–Crippen LogP) is 4.38. The van der Waals surface area contributed by atoms with Gasteiger partial charge in [0.2, 0.25) is 0 Å². The number of rotatable bonds is 5. The van der Waals surface area contributed by atoms with E-state index in [4.69, 9.17) is 0 Å². The van der Waals surface area contributed by atoms with Crippen molar-refractivity contribution in [3.8, 4) is 17.5 Å². The monoisotopic (exact) mass is 517 g/mol. The lowest BCUT2D eigenvalue weighted by Crippen LogP contribution is -2.16. The Hall–Kier alpha value is -5.89. The molecule has 0 saturated heterocycles. The Labute approximate surface area is 219 Å². The number of H-pyrrole nitrogens is 2. The number of para-hydroxylation sites is 2. The molecule has 0 aliphatic heterocycles. The van der Waals surface area contributed by atoms with E-state index in [1.165, 1.54) is 18.2 Å². The molecule has 0 unspecified atom stereocenters. The lowest BCUT2D eigenvalue weighted by atomic mass is 10.1. The summed E-state index contributed by atoms with van der Waals surface area (Å²) in [6.07, 6.45) is 0. The van der Waals surface area contributed by atoms with Crippen LogP contribution in [0.2, 0.25) is 0 Å². The Bertz CT molecular complexity index is 2020. The number of anilines is 2. The molecule has 2 amide bonds. The maximum absolute atomic E-state index is 13.2. The van der Waals surface area contributed by atoms with Gasteiger partial charge in [-0.05, 0) is 42.5 Å². The molecular formula is C28H19N7O4. The van der Waals surface area contributed by atoms with Gasteiger partial charge in [-0.15, -0.1) is 0 Å². The third-order valence-corrected chi connectivity index (χ3v) is 6.42. The molecule has 0 spiro atoms. The smallest absolute Gasteiger partial charge is 0.349 e. The SMILES string of the molecule is Cn1c(C(=O)Nc2cccc3cc(C(=O)Nc4ccc(C#N)cc4-c4nc(=O)o[nH]4)[nH]c23)cc2ccccc21. The van der Waals surface area contributed by atoms with Gasteiger partial charge in [-0.1, -0.05) is 30.3 Å². The van der Waals surface area contributed by atoms with Gasteiger partial charge < -0.3 is 24.7 Å². The maximum atomic E-state index is 13.2. The van der Waals surface area contributed by atoms with E-state index >= 15 is 0 Å². The summed E-state index contributed by atoms with van der Waals surface area (Å²) in [6, 6.07) is 23.1. The first-order chi connectivity index (χ1) is 18.9. The van der Waals surface area contributed by atoms with Gasteiger partial charge in [-0.3, -0.25) is 9.59 Å². The fourth-order valence-corrected chi connectivity index (χ4v) is 4.53. The highest BCUT2D eigenvalue weighted by atomic mass is 16.5. The zero-order valence-corrected chi connectivity index (χ0v) is 20.4. The average molecular weight is 518 g/mol. The van der Waals surface area contributed by atoms with Gasteiger partial charge in [0.25, 0.3) is 11.8 Å². The highest BCUT2D eigenvalue weighted by Crippen LogP contribution is 2.29. The molecule has 0 fully saturated rings.